The molecule has 2 N–H and O–H groups in total. The second-order valence-corrected chi connectivity index (χ2v) is 3.86. The molecule has 0 spiro atoms. The van der Waals surface area contributed by atoms with Gasteiger partial charge in [-0.15, -0.1) is 0 Å². The number of hydrogen-bond donors (Lipinski definition) is 1. The van der Waals surface area contributed by atoms with Crippen molar-refractivity contribution < 1.29 is 0 Å². The maximum absolute atomic E-state index is 8.79. The third-order valence-corrected chi connectivity index (χ3v) is 2.69. The molecule has 0 aliphatic heterocycles. The molecule has 0 amide bonds. The van der Waals surface area contributed by atoms with Crippen LogP contribution < -0.4 is 5.73 Å². The highest BCUT2D eigenvalue weighted by molar-refractivity contribution is 5.50. The van der Waals surface area contributed by atoms with E-state index in [0.717, 1.165) is 12.2 Å². The van der Waals surface area contributed by atoms with Gasteiger partial charge in [0.25, 0.3) is 0 Å². The normalized spacial score (nSPS) is 24.4. The molecular weight excluding hydrogens is 176 g/mol. The maximum atomic E-state index is 8.79. The van der Waals surface area contributed by atoms with Crippen molar-refractivity contribution in [3.8, 4) is 6.07 Å². The van der Waals surface area contributed by atoms with Crippen molar-refractivity contribution in [2.45, 2.75) is 26.2 Å². The molecule has 1 saturated carbocycles. The molecule has 1 aromatic rings. The Hall–Kier alpha value is -1.63. The van der Waals surface area contributed by atoms with E-state index in [1.54, 1.807) is 6.92 Å². The van der Waals surface area contributed by atoms with Crippen molar-refractivity contribution >= 4 is 5.82 Å². The van der Waals surface area contributed by atoms with Crippen molar-refractivity contribution in [1.82, 2.24) is 9.97 Å². The Kier molecular flexibility index (Phi) is 1.88. The average molecular weight is 188 g/mol. The quantitative estimate of drug-likeness (QED) is 0.722. The lowest BCUT2D eigenvalue weighted by Crippen LogP contribution is -2.04. The molecule has 4 nitrogen and oxygen atoms in total. The van der Waals surface area contributed by atoms with Gasteiger partial charge >= 0.3 is 0 Å². The molecule has 1 heterocycles. The summed E-state index contributed by atoms with van der Waals surface area (Å²) >= 11 is 0. The van der Waals surface area contributed by atoms with Crippen LogP contribution in [0.5, 0.6) is 0 Å². The monoisotopic (exact) mass is 188 g/mol. The zero-order valence-electron chi connectivity index (χ0n) is 8.28. The summed E-state index contributed by atoms with van der Waals surface area (Å²) in [5.41, 5.74) is 6.76. The Balaban J connectivity index is 2.43. The molecule has 1 fully saturated rings. The minimum atomic E-state index is 0.314. The molecule has 0 radical (unpaired) electrons. The summed E-state index contributed by atoms with van der Waals surface area (Å²) in [6, 6.07) is 2.01. The fourth-order valence-electron chi connectivity index (χ4n) is 1.60. The average Bonchev–Trinajstić information content (AvgIpc) is 2.82. The first-order valence-electron chi connectivity index (χ1n) is 4.67. The standard InChI is InChI=1S/C10H12N4/c1-5-3-7(5)10-13-6(2)8(4-11)9(12)14-10/h5,7H,3H2,1-2H3,(H2,12,13,14). The van der Waals surface area contributed by atoms with E-state index in [-0.39, 0.29) is 0 Å². The largest absolute Gasteiger partial charge is 0.382 e. The van der Waals surface area contributed by atoms with Crippen molar-refractivity contribution in [1.29, 1.82) is 5.26 Å². The zero-order valence-corrected chi connectivity index (χ0v) is 8.28. The lowest BCUT2D eigenvalue weighted by Gasteiger charge is -2.03. The van der Waals surface area contributed by atoms with Gasteiger partial charge in [-0.25, -0.2) is 9.97 Å². The number of hydrogen-bond acceptors (Lipinski definition) is 4. The number of aryl methyl sites for hydroxylation is 1. The number of aromatic nitrogens is 2. The van der Waals surface area contributed by atoms with Gasteiger partial charge < -0.3 is 5.73 Å². The number of nitrogens with zero attached hydrogens (tertiary/aromatic N) is 3. The molecule has 1 aliphatic carbocycles. The van der Waals surface area contributed by atoms with Gasteiger partial charge in [0.05, 0.1) is 5.69 Å². The van der Waals surface area contributed by atoms with Gasteiger partial charge in [-0.3, -0.25) is 0 Å². The van der Waals surface area contributed by atoms with Crippen LogP contribution in [-0.2, 0) is 0 Å². The summed E-state index contributed by atoms with van der Waals surface area (Å²) in [6.07, 6.45) is 1.13. The molecule has 1 aromatic heterocycles. The van der Waals surface area contributed by atoms with Crippen LogP contribution in [0.25, 0.3) is 0 Å². The van der Waals surface area contributed by atoms with E-state index in [4.69, 9.17) is 11.0 Å². The highest BCUT2D eigenvalue weighted by Gasteiger charge is 2.37. The smallest absolute Gasteiger partial charge is 0.145 e. The van der Waals surface area contributed by atoms with Crippen molar-refractivity contribution in [3.05, 3.63) is 17.1 Å². The SMILES string of the molecule is Cc1nc(C2CC2C)nc(N)c1C#N. The first kappa shape index (κ1) is 8.95. The van der Waals surface area contributed by atoms with Crippen molar-refractivity contribution in [2.75, 3.05) is 5.73 Å². The van der Waals surface area contributed by atoms with Gasteiger partial charge in [0.1, 0.15) is 23.3 Å². The fraction of sp³-hybridized carbons (Fsp3) is 0.500. The minimum absolute atomic E-state index is 0.314. The number of nitrogen functional groups attached to an aromatic ring is 1. The summed E-state index contributed by atoms with van der Waals surface area (Å²) in [5, 5.41) is 8.79. The molecule has 1 aliphatic rings. The summed E-state index contributed by atoms with van der Waals surface area (Å²) in [6.45, 7) is 3.96. The Labute approximate surface area is 82.8 Å². The third-order valence-electron chi connectivity index (χ3n) is 2.69. The molecule has 0 aromatic carbocycles. The van der Waals surface area contributed by atoms with Crippen LogP contribution in [0.3, 0.4) is 0 Å². The molecule has 72 valence electrons. The summed E-state index contributed by atoms with van der Waals surface area (Å²) in [7, 11) is 0. The van der Waals surface area contributed by atoms with E-state index >= 15 is 0 Å². The predicted octanol–water partition coefficient (Wildman–Crippen LogP) is 1.36. The zero-order chi connectivity index (χ0) is 10.3. The van der Waals surface area contributed by atoms with E-state index < -0.39 is 0 Å². The maximum Gasteiger partial charge on any atom is 0.145 e. The molecule has 2 unspecified atom stereocenters. The van der Waals surface area contributed by atoms with Crippen LogP contribution >= 0.6 is 0 Å². The van der Waals surface area contributed by atoms with E-state index in [0.29, 0.717) is 28.9 Å². The first-order valence-corrected chi connectivity index (χ1v) is 4.67. The number of anilines is 1. The highest BCUT2D eigenvalue weighted by atomic mass is 15.0. The Morgan fingerprint density at radius 1 is 1.50 bits per heavy atom. The summed E-state index contributed by atoms with van der Waals surface area (Å²) in [5.74, 6) is 2.21. The Morgan fingerprint density at radius 2 is 2.14 bits per heavy atom. The van der Waals surface area contributed by atoms with Crippen molar-refractivity contribution in [2.24, 2.45) is 5.92 Å². The summed E-state index contributed by atoms with van der Waals surface area (Å²) in [4.78, 5) is 8.46. The molecule has 2 atom stereocenters. The molecule has 4 heteroatoms. The van der Waals surface area contributed by atoms with E-state index in [2.05, 4.69) is 16.9 Å². The first-order chi connectivity index (χ1) is 6.63. The second-order valence-electron chi connectivity index (χ2n) is 3.86. The van der Waals surface area contributed by atoms with Gasteiger partial charge in [-0.2, -0.15) is 5.26 Å². The second kappa shape index (κ2) is 2.95. The molecule has 2 rings (SSSR count). The number of rotatable bonds is 1. The minimum Gasteiger partial charge on any atom is -0.382 e. The van der Waals surface area contributed by atoms with Crippen LogP contribution in [-0.4, -0.2) is 9.97 Å². The molecular formula is C10H12N4. The third kappa shape index (κ3) is 1.31. The van der Waals surface area contributed by atoms with Crippen LogP contribution in [0.2, 0.25) is 0 Å². The summed E-state index contributed by atoms with van der Waals surface area (Å²) < 4.78 is 0. The Morgan fingerprint density at radius 3 is 2.57 bits per heavy atom. The number of nitrogens with two attached hydrogens (primary N) is 1. The van der Waals surface area contributed by atoms with Crippen LogP contribution in [0.15, 0.2) is 0 Å². The molecule has 14 heavy (non-hydrogen) atoms. The van der Waals surface area contributed by atoms with Gasteiger partial charge in [-0.1, -0.05) is 6.92 Å². The number of nitriles is 1. The van der Waals surface area contributed by atoms with Gasteiger partial charge in [0.15, 0.2) is 0 Å². The van der Waals surface area contributed by atoms with Gasteiger partial charge in [0.2, 0.25) is 0 Å². The van der Waals surface area contributed by atoms with E-state index in [1.807, 2.05) is 6.07 Å². The van der Waals surface area contributed by atoms with Gasteiger partial charge in [-0.05, 0) is 19.3 Å². The fourth-order valence-corrected chi connectivity index (χ4v) is 1.60. The lowest BCUT2D eigenvalue weighted by molar-refractivity contribution is 0.834. The topological polar surface area (TPSA) is 75.6 Å². The van der Waals surface area contributed by atoms with Crippen LogP contribution in [0.1, 0.15) is 36.3 Å². The van der Waals surface area contributed by atoms with E-state index in [1.165, 1.54) is 0 Å². The lowest BCUT2D eigenvalue weighted by atomic mass is 10.2. The Bertz CT molecular complexity index is 396. The van der Waals surface area contributed by atoms with E-state index in [9.17, 15) is 0 Å². The van der Waals surface area contributed by atoms with Crippen molar-refractivity contribution in [3.63, 3.8) is 0 Å². The van der Waals surface area contributed by atoms with Crippen LogP contribution in [0.4, 0.5) is 5.82 Å². The molecule has 0 bridgehead atoms. The van der Waals surface area contributed by atoms with Crippen LogP contribution in [0, 0.1) is 24.2 Å². The molecule has 0 saturated heterocycles. The van der Waals surface area contributed by atoms with Gasteiger partial charge in [0, 0.05) is 5.92 Å². The highest BCUT2D eigenvalue weighted by Crippen LogP contribution is 2.45. The predicted molar refractivity (Wildman–Crippen MR) is 52.4 cm³/mol.